The van der Waals surface area contributed by atoms with Gasteiger partial charge in [0.1, 0.15) is 0 Å². The zero-order valence-electron chi connectivity index (χ0n) is 7.81. The lowest BCUT2D eigenvalue weighted by molar-refractivity contribution is 0.121. The van der Waals surface area contributed by atoms with E-state index in [9.17, 15) is 0 Å². The van der Waals surface area contributed by atoms with Crippen LogP contribution in [0.1, 0.15) is 34.1 Å². The van der Waals surface area contributed by atoms with Crippen molar-refractivity contribution in [1.29, 1.82) is 5.26 Å². The van der Waals surface area contributed by atoms with Gasteiger partial charge >= 0.3 is 0 Å². The quantitative estimate of drug-likeness (QED) is 0.677. The molecule has 0 saturated carbocycles. The van der Waals surface area contributed by atoms with Crippen LogP contribution < -0.4 is 0 Å². The fraction of sp³-hybridized carbons (Fsp3) is 0.889. The predicted octanol–water partition coefficient (Wildman–Crippen LogP) is 1.94. The molecule has 11 heavy (non-hydrogen) atoms. The zero-order valence-corrected chi connectivity index (χ0v) is 7.81. The summed E-state index contributed by atoms with van der Waals surface area (Å²) >= 11 is 0. The molecule has 0 fully saturated rings. The van der Waals surface area contributed by atoms with Gasteiger partial charge in [0.25, 0.3) is 0 Å². The van der Waals surface area contributed by atoms with Gasteiger partial charge < -0.3 is 5.11 Å². The Bertz CT molecular complexity index is 165. The third-order valence-corrected chi connectivity index (χ3v) is 1.65. The number of rotatable bonds is 3. The van der Waals surface area contributed by atoms with Crippen molar-refractivity contribution in [3.05, 3.63) is 0 Å². The molecule has 0 aliphatic rings. The Morgan fingerprint density at radius 3 is 2.00 bits per heavy atom. The van der Waals surface area contributed by atoms with Crippen molar-refractivity contribution in [1.82, 2.24) is 0 Å². The van der Waals surface area contributed by atoms with Gasteiger partial charge in [-0.2, -0.15) is 5.26 Å². The van der Waals surface area contributed by atoms with Crippen molar-refractivity contribution in [3.8, 4) is 6.07 Å². The van der Waals surface area contributed by atoms with Crippen LogP contribution in [0.3, 0.4) is 0 Å². The van der Waals surface area contributed by atoms with Crippen molar-refractivity contribution in [2.24, 2.45) is 10.8 Å². The number of aliphatic hydroxyl groups is 1. The average molecular weight is 155 g/mol. The molecule has 64 valence electrons. The maximum absolute atomic E-state index is 8.94. The molecule has 0 rings (SSSR count). The summed E-state index contributed by atoms with van der Waals surface area (Å²) in [6, 6.07) is 2.22. The molecule has 0 spiro atoms. The maximum atomic E-state index is 8.94. The summed E-state index contributed by atoms with van der Waals surface area (Å²) in [6.45, 7) is 7.85. The molecule has 0 radical (unpaired) electrons. The number of nitriles is 1. The molecule has 0 aromatic carbocycles. The molecule has 0 saturated heterocycles. The minimum atomic E-state index is -0.327. The fourth-order valence-corrected chi connectivity index (χ4v) is 1.29. The van der Waals surface area contributed by atoms with E-state index in [-0.39, 0.29) is 17.4 Å². The van der Waals surface area contributed by atoms with E-state index in [2.05, 4.69) is 6.07 Å². The number of hydrogen-bond donors (Lipinski definition) is 1. The van der Waals surface area contributed by atoms with Crippen LogP contribution in [-0.2, 0) is 0 Å². The number of aliphatic hydroxyl groups excluding tert-OH is 1. The van der Waals surface area contributed by atoms with Crippen LogP contribution in [-0.4, -0.2) is 11.7 Å². The molecule has 0 atom stereocenters. The van der Waals surface area contributed by atoms with E-state index in [1.165, 1.54) is 0 Å². The molecule has 0 aliphatic heterocycles. The molecule has 1 N–H and O–H groups in total. The van der Waals surface area contributed by atoms with Gasteiger partial charge in [0, 0.05) is 6.61 Å². The lowest BCUT2D eigenvalue weighted by Gasteiger charge is -2.28. The van der Waals surface area contributed by atoms with Gasteiger partial charge in [-0.3, -0.25) is 0 Å². The lowest BCUT2D eigenvalue weighted by Crippen LogP contribution is -2.25. The highest BCUT2D eigenvalue weighted by Gasteiger charge is 2.27. The topological polar surface area (TPSA) is 44.0 Å². The zero-order chi connectivity index (χ0) is 9.12. The van der Waals surface area contributed by atoms with Gasteiger partial charge in [-0.05, 0) is 25.7 Å². The second kappa shape index (κ2) is 3.23. The van der Waals surface area contributed by atoms with Crippen molar-refractivity contribution in [2.75, 3.05) is 6.61 Å². The summed E-state index contributed by atoms with van der Waals surface area (Å²) in [6.07, 6.45) is 0.729. The Hall–Kier alpha value is -0.550. The van der Waals surface area contributed by atoms with Gasteiger partial charge in [0.2, 0.25) is 0 Å². The smallest absolute Gasteiger partial charge is 0.0684 e. The van der Waals surface area contributed by atoms with Crippen LogP contribution >= 0.6 is 0 Å². The van der Waals surface area contributed by atoms with Gasteiger partial charge in [0.15, 0.2) is 0 Å². The molecule has 0 aromatic heterocycles. The van der Waals surface area contributed by atoms with Crippen LogP contribution in [0.2, 0.25) is 0 Å². The summed E-state index contributed by atoms with van der Waals surface area (Å²) in [5, 5.41) is 17.7. The van der Waals surface area contributed by atoms with E-state index in [1.807, 2.05) is 27.7 Å². The Balaban J connectivity index is 4.16. The SMILES string of the molecule is CC(C)(C#N)CC(C)(C)CO. The predicted molar refractivity (Wildman–Crippen MR) is 44.9 cm³/mol. The monoisotopic (exact) mass is 155 g/mol. The summed E-state index contributed by atoms with van der Waals surface area (Å²) in [7, 11) is 0. The molecule has 2 nitrogen and oxygen atoms in total. The van der Waals surface area contributed by atoms with E-state index in [0.29, 0.717) is 0 Å². The first-order valence-electron chi connectivity index (χ1n) is 3.85. The van der Waals surface area contributed by atoms with Crippen molar-refractivity contribution < 1.29 is 5.11 Å². The van der Waals surface area contributed by atoms with Crippen LogP contribution in [0.5, 0.6) is 0 Å². The van der Waals surface area contributed by atoms with E-state index in [4.69, 9.17) is 10.4 Å². The van der Waals surface area contributed by atoms with E-state index in [0.717, 1.165) is 6.42 Å². The third kappa shape index (κ3) is 4.00. The van der Waals surface area contributed by atoms with E-state index >= 15 is 0 Å². The van der Waals surface area contributed by atoms with Crippen molar-refractivity contribution >= 4 is 0 Å². The fourth-order valence-electron chi connectivity index (χ4n) is 1.29. The normalized spacial score (nSPS) is 12.7. The lowest BCUT2D eigenvalue weighted by atomic mass is 9.76. The second-order valence-corrected chi connectivity index (χ2v) is 4.49. The molecule has 0 aliphatic carbocycles. The maximum Gasteiger partial charge on any atom is 0.0684 e. The molecule has 0 heterocycles. The van der Waals surface area contributed by atoms with Gasteiger partial charge in [-0.15, -0.1) is 0 Å². The van der Waals surface area contributed by atoms with Crippen molar-refractivity contribution in [3.63, 3.8) is 0 Å². The third-order valence-electron chi connectivity index (χ3n) is 1.65. The van der Waals surface area contributed by atoms with Gasteiger partial charge in [-0.25, -0.2) is 0 Å². The van der Waals surface area contributed by atoms with Crippen LogP contribution in [0.15, 0.2) is 0 Å². The van der Waals surface area contributed by atoms with Crippen LogP contribution in [0, 0.1) is 22.2 Å². The first kappa shape index (κ1) is 10.4. The average Bonchev–Trinajstić information content (AvgIpc) is 1.86. The first-order valence-corrected chi connectivity index (χ1v) is 3.85. The molecule has 0 aromatic rings. The summed E-state index contributed by atoms with van der Waals surface area (Å²) in [5.41, 5.74) is -0.467. The minimum absolute atomic E-state index is 0.137. The summed E-state index contributed by atoms with van der Waals surface area (Å²) in [4.78, 5) is 0. The highest BCUT2D eigenvalue weighted by atomic mass is 16.3. The second-order valence-electron chi connectivity index (χ2n) is 4.49. The minimum Gasteiger partial charge on any atom is -0.396 e. The van der Waals surface area contributed by atoms with Gasteiger partial charge in [-0.1, -0.05) is 13.8 Å². The van der Waals surface area contributed by atoms with Crippen LogP contribution in [0.4, 0.5) is 0 Å². The Kier molecular flexibility index (Phi) is 3.07. The highest BCUT2D eigenvalue weighted by Crippen LogP contribution is 2.32. The molecular weight excluding hydrogens is 138 g/mol. The molecule has 0 bridgehead atoms. The van der Waals surface area contributed by atoms with Crippen molar-refractivity contribution in [2.45, 2.75) is 34.1 Å². The molecule has 0 unspecified atom stereocenters. The summed E-state index contributed by atoms with van der Waals surface area (Å²) in [5.74, 6) is 0. The first-order chi connectivity index (χ1) is 4.83. The standard InChI is InChI=1S/C9H17NO/c1-8(2,6-10)5-9(3,4)7-11/h11H,5,7H2,1-4H3. The highest BCUT2D eigenvalue weighted by molar-refractivity contribution is 4.94. The molecular formula is C9H17NO. The van der Waals surface area contributed by atoms with Crippen LogP contribution in [0.25, 0.3) is 0 Å². The largest absolute Gasteiger partial charge is 0.396 e. The van der Waals surface area contributed by atoms with Gasteiger partial charge in [0.05, 0.1) is 11.5 Å². The Morgan fingerprint density at radius 1 is 1.27 bits per heavy atom. The number of hydrogen-bond acceptors (Lipinski definition) is 2. The van der Waals surface area contributed by atoms with E-state index in [1.54, 1.807) is 0 Å². The Morgan fingerprint density at radius 2 is 1.73 bits per heavy atom. The molecule has 0 amide bonds. The Labute approximate surface area is 68.8 Å². The molecule has 2 heteroatoms. The number of nitrogens with zero attached hydrogens (tertiary/aromatic N) is 1. The summed E-state index contributed by atoms with van der Waals surface area (Å²) < 4.78 is 0. The van der Waals surface area contributed by atoms with E-state index < -0.39 is 0 Å².